The second kappa shape index (κ2) is 5.54. The van der Waals surface area contributed by atoms with Gasteiger partial charge in [0.1, 0.15) is 0 Å². The summed E-state index contributed by atoms with van der Waals surface area (Å²) in [7, 11) is 0. The van der Waals surface area contributed by atoms with E-state index in [1.54, 1.807) is 17.9 Å². The largest absolute Gasteiger partial charge is 0.393 e. The van der Waals surface area contributed by atoms with Gasteiger partial charge >= 0.3 is 0 Å². The number of anilines is 1. The number of carbonyl (C=O) groups is 1. The molecule has 110 valence electrons. The van der Waals surface area contributed by atoms with Crippen molar-refractivity contribution in [2.24, 2.45) is 5.92 Å². The molecule has 0 aromatic heterocycles. The van der Waals surface area contributed by atoms with Crippen LogP contribution in [0.15, 0.2) is 24.3 Å². The van der Waals surface area contributed by atoms with E-state index in [4.69, 9.17) is 0 Å². The van der Waals surface area contributed by atoms with Crippen LogP contribution in [-0.4, -0.2) is 28.8 Å². The summed E-state index contributed by atoms with van der Waals surface area (Å²) < 4.78 is 0. The van der Waals surface area contributed by atoms with E-state index in [9.17, 15) is 15.0 Å². The highest BCUT2D eigenvalue weighted by molar-refractivity contribution is 6.06. The van der Waals surface area contributed by atoms with Gasteiger partial charge in [0.25, 0.3) is 5.91 Å². The average molecular weight is 277 g/mol. The predicted molar refractivity (Wildman–Crippen MR) is 78.4 cm³/mol. The molecule has 4 nitrogen and oxygen atoms in total. The van der Waals surface area contributed by atoms with Gasteiger partial charge in [-0.1, -0.05) is 32.0 Å². The lowest BCUT2D eigenvalue weighted by atomic mass is 9.90. The number of para-hydroxylation sites is 1. The Morgan fingerprint density at radius 2 is 1.90 bits per heavy atom. The monoisotopic (exact) mass is 277 g/mol. The molecule has 1 aliphatic heterocycles. The fourth-order valence-corrected chi connectivity index (χ4v) is 2.74. The van der Waals surface area contributed by atoms with Gasteiger partial charge in [0, 0.05) is 18.5 Å². The second-order valence-electron chi connectivity index (χ2n) is 6.07. The first-order valence-corrected chi connectivity index (χ1v) is 7.18. The van der Waals surface area contributed by atoms with E-state index in [2.05, 4.69) is 13.8 Å². The molecule has 0 saturated heterocycles. The van der Waals surface area contributed by atoms with Crippen LogP contribution in [0.1, 0.15) is 39.2 Å². The standard InChI is InChI=1S/C16H23NO3/c1-11(2)8-9-17-14-7-5-4-6-13(14)16(20,15(17)19)10-12(3)18/h4-7,11-12,18,20H,8-10H2,1-3H3/t12-,16-/m1/s1. The first-order valence-electron chi connectivity index (χ1n) is 7.18. The molecular weight excluding hydrogens is 254 g/mol. The number of benzene rings is 1. The maximum Gasteiger partial charge on any atom is 0.263 e. The number of aliphatic hydroxyl groups excluding tert-OH is 1. The molecule has 20 heavy (non-hydrogen) atoms. The average Bonchev–Trinajstić information content (AvgIpc) is 2.57. The van der Waals surface area contributed by atoms with Crippen molar-refractivity contribution in [1.82, 2.24) is 0 Å². The third kappa shape index (κ3) is 2.58. The summed E-state index contributed by atoms with van der Waals surface area (Å²) in [5.74, 6) is 0.167. The number of rotatable bonds is 5. The molecular formula is C16H23NO3. The van der Waals surface area contributed by atoms with Gasteiger partial charge in [-0.3, -0.25) is 4.79 Å². The zero-order chi connectivity index (χ0) is 14.9. The number of hydrogen-bond acceptors (Lipinski definition) is 3. The van der Waals surface area contributed by atoms with Crippen molar-refractivity contribution in [3.05, 3.63) is 29.8 Å². The molecule has 1 aromatic carbocycles. The Morgan fingerprint density at radius 3 is 2.50 bits per heavy atom. The van der Waals surface area contributed by atoms with Crippen LogP contribution in [0.3, 0.4) is 0 Å². The van der Waals surface area contributed by atoms with Crippen LogP contribution in [0, 0.1) is 5.92 Å². The quantitative estimate of drug-likeness (QED) is 0.866. The van der Waals surface area contributed by atoms with Gasteiger partial charge in [0.15, 0.2) is 5.60 Å². The summed E-state index contributed by atoms with van der Waals surface area (Å²) in [5.41, 5.74) is -0.224. The molecule has 1 aromatic rings. The Bertz CT molecular complexity index is 498. The highest BCUT2D eigenvalue weighted by Crippen LogP contribution is 2.42. The second-order valence-corrected chi connectivity index (χ2v) is 6.07. The number of aliphatic hydroxyl groups is 2. The van der Waals surface area contributed by atoms with Crippen molar-refractivity contribution in [2.75, 3.05) is 11.4 Å². The summed E-state index contributed by atoms with van der Waals surface area (Å²) >= 11 is 0. The number of hydrogen-bond donors (Lipinski definition) is 2. The lowest BCUT2D eigenvalue weighted by Crippen LogP contribution is -2.42. The fraction of sp³-hybridized carbons (Fsp3) is 0.562. The van der Waals surface area contributed by atoms with Crippen molar-refractivity contribution in [3.63, 3.8) is 0 Å². The van der Waals surface area contributed by atoms with E-state index < -0.39 is 11.7 Å². The Morgan fingerprint density at radius 1 is 1.25 bits per heavy atom. The molecule has 2 N–H and O–H groups in total. The number of amides is 1. The molecule has 2 rings (SSSR count). The Hall–Kier alpha value is -1.39. The van der Waals surface area contributed by atoms with Gasteiger partial charge in [-0.2, -0.15) is 0 Å². The summed E-state index contributed by atoms with van der Waals surface area (Å²) in [5, 5.41) is 20.4. The van der Waals surface area contributed by atoms with Crippen molar-refractivity contribution in [1.29, 1.82) is 0 Å². The molecule has 0 aliphatic carbocycles. The SMILES string of the molecule is CC(C)CCN1C(=O)[C@@](O)(C[C@@H](C)O)c2ccccc21. The van der Waals surface area contributed by atoms with Crippen LogP contribution in [0.4, 0.5) is 5.69 Å². The van der Waals surface area contributed by atoms with Crippen molar-refractivity contribution >= 4 is 11.6 Å². The van der Waals surface area contributed by atoms with Crippen LogP contribution >= 0.6 is 0 Å². The molecule has 0 spiro atoms. The van der Waals surface area contributed by atoms with E-state index in [1.807, 2.05) is 18.2 Å². The van der Waals surface area contributed by atoms with Crippen LogP contribution < -0.4 is 4.90 Å². The van der Waals surface area contributed by atoms with E-state index in [0.29, 0.717) is 18.0 Å². The lowest BCUT2D eigenvalue weighted by molar-refractivity contribution is -0.139. The van der Waals surface area contributed by atoms with Gasteiger partial charge < -0.3 is 15.1 Å². The van der Waals surface area contributed by atoms with Gasteiger partial charge in [-0.15, -0.1) is 0 Å². The zero-order valence-corrected chi connectivity index (χ0v) is 12.3. The highest BCUT2D eigenvalue weighted by atomic mass is 16.3. The summed E-state index contributed by atoms with van der Waals surface area (Å²) in [4.78, 5) is 14.2. The molecule has 1 amide bonds. The number of nitrogens with zero attached hydrogens (tertiary/aromatic N) is 1. The first kappa shape index (κ1) is 15.0. The van der Waals surface area contributed by atoms with Crippen molar-refractivity contribution in [2.45, 2.75) is 45.3 Å². The molecule has 0 unspecified atom stereocenters. The van der Waals surface area contributed by atoms with Gasteiger partial charge in [-0.25, -0.2) is 0 Å². The van der Waals surface area contributed by atoms with Crippen LogP contribution in [0.25, 0.3) is 0 Å². The Balaban J connectivity index is 2.36. The highest BCUT2D eigenvalue weighted by Gasteiger charge is 2.49. The van der Waals surface area contributed by atoms with Gasteiger partial charge in [0.2, 0.25) is 0 Å². The van der Waals surface area contributed by atoms with Crippen LogP contribution in [0.5, 0.6) is 0 Å². The maximum absolute atomic E-state index is 12.6. The van der Waals surface area contributed by atoms with Crippen LogP contribution in [0.2, 0.25) is 0 Å². The molecule has 1 heterocycles. The van der Waals surface area contributed by atoms with Gasteiger partial charge in [-0.05, 0) is 25.3 Å². The first-order chi connectivity index (χ1) is 9.36. The van der Waals surface area contributed by atoms with Crippen LogP contribution in [-0.2, 0) is 10.4 Å². The Kier molecular flexibility index (Phi) is 4.16. The van der Waals surface area contributed by atoms with E-state index in [0.717, 1.165) is 12.1 Å². The summed E-state index contributed by atoms with van der Waals surface area (Å²) in [6.07, 6.45) is 0.174. The smallest absolute Gasteiger partial charge is 0.263 e. The molecule has 1 aliphatic rings. The minimum absolute atomic E-state index is 0.0288. The number of fused-ring (bicyclic) bond motifs is 1. The third-order valence-corrected chi connectivity index (χ3v) is 3.76. The van der Waals surface area contributed by atoms with E-state index >= 15 is 0 Å². The minimum atomic E-state index is -1.60. The molecule has 0 bridgehead atoms. The maximum atomic E-state index is 12.6. The summed E-state index contributed by atoms with van der Waals surface area (Å²) in [6.45, 7) is 6.39. The summed E-state index contributed by atoms with van der Waals surface area (Å²) in [6, 6.07) is 7.30. The number of carbonyl (C=O) groups excluding carboxylic acids is 1. The lowest BCUT2D eigenvalue weighted by Gasteiger charge is -2.24. The van der Waals surface area contributed by atoms with E-state index in [1.165, 1.54) is 0 Å². The molecule has 0 fully saturated rings. The third-order valence-electron chi connectivity index (χ3n) is 3.76. The Labute approximate surface area is 120 Å². The zero-order valence-electron chi connectivity index (χ0n) is 12.3. The predicted octanol–water partition coefficient (Wildman–Crippen LogP) is 2.04. The normalized spacial score (nSPS) is 23.3. The fourth-order valence-electron chi connectivity index (χ4n) is 2.74. The van der Waals surface area contributed by atoms with Crippen molar-refractivity contribution < 1.29 is 15.0 Å². The molecule has 0 saturated carbocycles. The minimum Gasteiger partial charge on any atom is -0.393 e. The molecule has 2 atom stereocenters. The van der Waals surface area contributed by atoms with Gasteiger partial charge in [0.05, 0.1) is 11.8 Å². The molecule has 4 heteroatoms. The van der Waals surface area contributed by atoms with Crippen molar-refractivity contribution in [3.8, 4) is 0 Å². The van der Waals surface area contributed by atoms with E-state index in [-0.39, 0.29) is 12.3 Å². The molecule has 0 radical (unpaired) electrons. The topological polar surface area (TPSA) is 60.8 Å².